The molecule has 0 aliphatic carbocycles. The molecular weight excluding hydrogens is 300 g/mol. The Labute approximate surface area is 144 Å². The van der Waals surface area contributed by atoms with Crippen LogP contribution in [0.25, 0.3) is 5.57 Å². The van der Waals surface area contributed by atoms with Gasteiger partial charge in [-0.2, -0.15) is 0 Å². The number of rotatable bonds is 4. The highest BCUT2D eigenvalue weighted by Crippen LogP contribution is 2.34. The lowest BCUT2D eigenvalue weighted by molar-refractivity contribution is 0.289. The van der Waals surface area contributed by atoms with Crippen LogP contribution in [0.1, 0.15) is 32.8 Å². The van der Waals surface area contributed by atoms with Crippen LogP contribution < -0.4 is 15.4 Å². The zero-order valence-electron chi connectivity index (χ0n) is 14.9. The average Bonchev–Trinajstić information content (AvgIpc) is 2.61. The molecule has 1 unspecified atom stereocenters. The van der Waals surface area contributed by atoms with Crippen LogP contribution in [0.3, 0.4) is 0 Å². The molecule has 0 bridgehead atoms. The quantitative estimate of drug-likeness (QED) is 0.893. The number of fused-ring (bicyclic) bond motifs is 1. The van der Waals surface area contributed by atoms with E-state index in [9.17, 15) is 0 Å². The van der Waals surface area contributed by atoms with Crippen molar-refractivity contribution in [3.05, 3.63) is 47.3 Å². The first-order valence-corrected chi connectivity index (χ1v) is 8.55. The molecule has 0 aromatic heterocycles. The summed E-state index contributed by atoms with van der Waals surface area (Å²) < 4.78 is 5.26. The molecule has 2 aliphatic rings. The van der Waals surface area contributed by atoms with E-state index < -0.39 is 0 Å². The van der Waals surface area contributed by atoms with Crippen molar-refractivity contribution in [2.75, 3.05) is 20.2 Å². The highest BCUT2D eigenvalue weighted by Gasteiger charge is 2.30. The Morgan fingerprint density at radius 2 is 2.04 bits per heavy atom. The van der Waals surface area contributed by atoms with E-state index in [1.807, 2.05) is 12.1 Å². The van der Waals surface area contributed by atoms with E-state index in [0.29, 0.717) is 0 Å². The van der Waals surface area contributed by atoms with Gasteiger partial charge in [0.2, 0.25) is 0 Å². The van der Waals surface area contributed by atoms with Gasteiger partial charge in [0.05, 0.1) is 7.11 Å². The van der Waals surface area contributed by atoms with Crippen LogP contribution >= 0.6 is 0 Å². The van der Waals surface area contributed by atoms with Gasteiger partial charge in [-0.15, -0.1) is 0 Å². The van der Waals surface area contributed by atoms with Gasteiger partial charge in [0.25, 0.3) is 0 Å². The number of nitrogens with zero attached hydrogens (tertiary/aromatic N) is 2. The SMILES string of the molecule is CCNC1=NC(C)=C2CC(c3ccc(OC)cc3)=CN(CC)C2N1. The number of allylic oxidation sites excluding steroid dienone is 2. The predicted octanol–water partition coefficient (Wildman–Crippen LogP) is 2.93. The third-order valence-corrected chi connectivity index (χ3v) is 4.55. The fourth-order valence-corrected chi connectivity index (χ4v) is 3.23. The summed E-state index contributed by atoms with van der Waals surface area (Å²) in [6.45, 7) is 8.17. The Bertz CT molecular complexity index is 688. The van der Waals surface area contributed by atoms with Gasteiger partial charge in [-0.1, -0.05) is 12.1 Å². The van der Waals surface area contributed by atoms with Gasteiger partial charge in [-0.3, -0.25) is 0 Å². The number of hydrogen-bond donors (Lipinski definition) is 2. The molecule has 5 heteroatoms. The zero-order valence-corrected chi connectivity index (χ0v) is 14.9. The van der Waals surface area contributed by atoms with Gasteiger partial charge < -0.3 is 20.3 Å². The van der Waals surface area contributed by atoms with Crippen molar-refractivity contribution in [1.82, 2.24) is 15.5 Å². The molecule has 3 rings (SSSR count). The molecule has 128 valence electrons. The van der Waals surface area contributed by atoms with Crippen LogP contribution in [0, 0.1) is 0 Å². The zero-order chi connectivity index (χ0) is 17.1. The molecule has 0 saturated carbocycles. The summed E-state index contributed by atoms with van der Waals surface area (Å²) in [4.78, 5) is 7.02. The van der Waals surface area contributed by atoms with Crippen molar-refractivity contribution >= 4 is 11.5 Å². The minimum Gasteiger partial charge on any atom is -0.497 e. The summed E-state index contributed by atoms with van der Waals surface area (Å²) in [6, 6.07) is 8.28. The van der Waals surface area contributed by atoms with E-state index in [1.54, 1.807) is 7.11 Å². The highest BCUT2D eigenvalue weighted by molar-refractivity contribution is 5.83. The number of likely N-dealkylation sites (N-methyl/N-ethyl adjacent to an activating group) is 1. The van der Waals surface area contributed by atoms with E-state index in [1.165, 1.54) is 16.7 Å². The lowest BCUT2D eigenvalue weighted by Gasteiger charge is -2.40. The lowest BCUT2D eigenvalue weighted by atomic mass is 9.91. The molecule has 1 aromatic rings. The summed E-state index contributed by atoms with van der Waals surface area (Å²) in [6.07, 6.45) is 3.36. The Hall–Kier alpha value is -2.43. The monoisotopic (exact) mass is 326 g/mol. The fourth-order valence-electron chi connectivity index (χ4n) is 3.23. The summed E-state index contributed by atoms with van der Waals surface area (Å²) in [5.74, 6) is 1.75. The van der Waals surface area contributed by atoms with Crippen molar-refractivity contribution < 1.29 is 4.74 Å². The minimum atomic E-state index is 0.184. The first-order valence-electron chi connectivity index (χ1n) is 8.55. The van der Waals surface area contributed by atoms with Crippen LogP contribution in [0.5, 0.6) is 5.75 Å². The fraction of sp³-hybridized carbons (Fsp3) is 0.421. The molecule has 5 nitrogen and oxygen atoms in total. The van der Waals surface area contributed by atoms with Gasteiger partial charge in [0.1, 0.15) is 11.9 Å². The number of aliphatic imine (C=N–C) groups is 1. The van der Waals surface area contributed by atoms with E-state index in [4.69, 9.17) is 4.74 Å². The Kier molecular flexibility index (Phi) is 4.79. The molecule has 1 atom stereocenters. The molecule has 0 radical (unpaired) electrons. The van der Waals surface area contributed by atoms with Crippen molar-refractivity contribution in [2.45, 2.75) is 33.4 Å². The van der Waals surface area contributed by atoms with E-state index >= 15 is 0 Å². The lowest BCUT2D eigenvalue weighted by Crippen LogP contribution is -2.54. The maximum atomic E-state index is 5.26. The van der Waals surface area contributed by atoms with Crippen LogP contribution in [0.15, 0.2) is 46.7 Å². The molecule has 2 N–H and O–H groups in total. The van der Waals surface area contributed by atoms with Gasteiger partial charge in [-0.05, 0) is 49.6 Å². The second kappa shape index (κ2) is 6.99. The summed E-state index contributed by atoms with van der Waals surface area (Å²) in [5, 5.41) is 6.81. The van der Waals surface area contributed by atoms with Gasteiger partial charge in [0.15, 0.2) is 5.96 Å². The second-order valence-corrected chi connectivity index (χ2v) is 6.04. The first kappa shape index (κ1) is 16.4. The van der Waals surface area contributed by atoms with E-state index in [-0.39, 0.29) is 6.17 Å². The first-order chi connectivity index (χ1) is 11.7. The van der Waals surface area contributed by atoms with Crippen LogP contribution in [0.2, 0.25) is 0 Å². The second-order valence-electron chi connectivity index (χ2n) is 6.04. The molecular formula is C19H26N4O. The van der Waals surface area contributed by atoms with Crippen LogP contribution in [-0.4, -0.2) is 37.2 Å². The molecule has 2 aliphatic heterocycles. The molecule has 0 fully saturated rings. The van der Waals surface area contributed by atoms with Crippen molar-refractivity contribution in [2.24, 2.45) is 4.99 Å². The van der Waals surface area contributed by atoms with Crippen molar-refractivity contribution in [3.63, 3.8) is 0 Å². The van der Waals surface area contributed by atoms with Crippen molar-refractivity contribution in [1.29, 1.82) is 0 Å². The highest BCUT2D eigenvalue weighted by atomic mass is 16.5. The predicted molar refractivity (Wildman–Crippen MR) is 98.7 cm³/mol. The molecule has 0 spiro atoms. The molecule has 2 heterocycles. The van der Waals surface area contributed by atoms with Crippen LogP contribution in [0.4, 0.5) is 0 Å². The number of nitrogens with one attached hydrogen (secondary N) is 2. The number of methoxy groups -OCH3 is 1. The van der Waals surface area contributed by atoms with Gasteiger partial charge in [-0.25, -0.2) is 4.99 Å². The third kappa shape index (κ3) is 3.11. The Morgan fingerprint density at radius 3 is 2.67 bits per heavy atom. The maximum Gasteiger partial charge on any atom is 0.198 e. The van der Waals surface area contributed by atoms with Crippen LogP contribution in [-0.2, 0) is 0 Å². The number of benzene rings is 1. The normalized spacial score (nSPS) is 20.0. The summed E-state index contributed by atoms with van der Waals surface area (Å²) >= 11 is 0. The van der Waals surface area contributed by atoms with Gasteiger partial charge >= 0.3 is 0 Å². The number of ether oxygens (including phenoxy) is 1. The molecule has 0 amide bonds. The smallest absolute Gasteiger partial charge is 0.198 e. The third-order valence-electron chi connectivity index (χ3n) is 4.55. The Balaban J connectivity index is 1.93. The molecule has 0 saturated heterocycles. The summed E-state index contributed by atoms with van der Waals surface area (Å²) in [7, 11) is 1.69. The van der Waals surface area contributed by atoms with Crippen molar-refractivity contribution in [3.8, 4) is 5.75 Å². The summed E-state index contributed by atoms with van der Waals surface area (Å²) in [5.41, 5.74) is 4.99. The van der Waals surface area contributed by atoms with E-state index in [0.717, 1.165) is 36.9 Å². The molecule has 1 aromatic carbocycles. The minimum absolute atomic E-state index is 0.184. The average molecular weight is 326 g/mol. The number of guanidine groups is 1. The topological polar surface area (TPSA) is 48.9 Å². The van der Waals surface area contributed by atoms with Gasteiger partial charge in [0, 0.05) is 31.4 Å². The number of hydrogen-bond acceptors (Lipinski definition) is 5. The standard InChI is InChI=1S/C19H26N4O/c1-5-20-19-21-13(3)17-11-15(12-23(6-2)18(17)22-19)14-7-9-16(24-4)10-8-14/h7-10,12,18H,5-6,11H2,1-4H3,(H2,20,21,22). The maximum absolute atomic E-state index is 5.26. The molecule has 24 heavy (non-hydrogen) atoms. The van der Waals surface area contributed by atoms with E-state index in [2.05, 4.69) is 59.6 Å². The largest absolute Gasteiger partial charge is 0.497 e. The Morgan fingerprint density at radius 1 is 1.29 bits per heavy atom.